The fraction of sp³-hybridized carbons (Fsp3) is 0.455. The average molecular weight is 275 g/mol. The lowest BCUT2D eigenvalue weighted by Crippen LogP contribution is -2.36. The zero-order chi connectivity index (χ0) is 13.5. The minimum absolute atomic E-state index is 0.0379. The minimum Gasteiger partial charge on any atom is -0.395 e. The van der Waals surface area contributed by atoms with E-state index in [0.717, 1.165) is 0 Å². The normalized spacial score (nSPS) is 12.4. The Balaban J connectivity index is 2.74. The largest absolute Gasteiger partial charge is 0.395 e. The molecular formula is C11H15ClN2O4. The summed E-state index contributed by atoms with van der Waals surface area (Å²) in [5.74, 6) is 0. The van der Waals surface area contributed by atoms with Gasteiger partial charge in [0.1, 0.15) is 0 Å². The predicted octanol–water partition coefficient (Wildman–Crippen LogP) is 1.35. The molecule has 1 aromatic rings. The molecule has 0 radical (unpaired) electrons. The van der Waals surface area contributed by atoms with Crippen molar-refractivity contribution in [2.45, 2.75) is 12.6 Å². The van der Waals surface area contributed by atoms with E-state index in [1.807, 2.05) is 0 Å². The number of ether oxygens (including phenoxy) is 1. The van der Waals surface area contributed by atoms with Gasteiger partial charge in [0.15, 0.2) is 0 Å². The van der Waals surface area contributed by atoms with Gasteiger partial charge in [0.2, 0.25) is 0 Å². The van der Waals surface area contributed by atoms with E-state index in [9.17, 15) is 10.1 Å². The molecule has 0 fully saturated rings. The van der Waals surface area contributed by atoms with Gasteiger partial charge in [-0.25, -0.2) is 0 Å². The van der Waals surface area contributed by atoms with Crippen LogP contribution in [0.15, 0.2) is 18.2 Å². The number of nitro groups is 1. The van der Waals surface area contributed by atoms with E-state index < -0.39 is 4.92 Å². The van der Waals surface area contributed by atoms with Gasteiger partial charge in [-0.05, 0) is 12.1 Å². The number of benzene rings is 1. The number of nitrogens with one attached hydrogen (secondary N) is 1. The van der Waals surface area contributed by atoms with Crippen LogP contribution in [0.25, 0.3) is 0 Å². The highest BCUT2D eigenvalue weighted by Gasteiger charge is 2.15. The van der Waals surface area contributed by atoms with Gasteiger partial charge >= 0.3 is 0 Å². The molecule has 1 atom stereocenters. The summed E-state index contributed by atoms with van der Waals surface area (Å²) in [6.07, 6.45) is 0. The summed E-state index contributed by atoms with van der Waals surface area (Å²) in [6, 6.07) is 4.23. The van der Waals surface area contributed by atoms with Gasteiger partial charge in [0, 0.05) is 30.3 Å². The third-order valence-electron chi connectivity index (χ3n) is 2.41. The summed E-state index contributed by atoms with van der Waals surface area (Å²) in [7, 11) is 1.52. The van der Waals surface area contributed by atoms with Crippen molar-refractivity contribution in [3.63, 3.8) is 0 Å². The highest BCUT2D eigenvalue weighted by molar-refractivity contribution is 6.30. The van der Waals surface area contributed by atoms with Gasteiger partial charge in [0.05, 0.1) is 24.2 Å². The van der Waals surface area contributed by atoms with Crippen LogP contribution in [0.3, 0.4) is 0 Å². The Kier molecular flexibility index (Phi) is 6.00. The van der Waals surface area contributed by atoms with Crippen LogP contribution in [0, 0.1) is 10.1 Å². The van der Waals surface area contributed by atoms with E-state index in [-0.39, 0.29) is 24.9 Å². The quantitative estimate of drug-likeness (QED) is 0.579. The first-order valence-corrected chi connectivity index (χ1v) is 5.72. The van der Waals surface area contributed by atoms with Crippen LogP contribution in [0.1, 0.15) is 5.56 Å². The molecule has 0 bridgehead atoms. The third-order valence-corrected chi connectivity index (χ3v) is 2.65. The number of nitrogens with zero attached hydrogens (tertiary/aromatic N) is 1. The second kappa shape index (κ2) is 7.27. The number of nitro benzene ring substituents is 1. The number of hydrogen-bond acceptors (Lipinski definition) is 5. The first-order valence-electron chi connectivity index (χ1n) is 5.34. The van der Waals surface area contributed by atoms with Gasteiger partial charge < -0.3 is 15.2 Å². The van der Waals surface area contributed by atoms with E-state index in [2.05, 4.69) is 5.32 Å². The van der Waals surface area contributed by atoms with Crippen LogP contribution in [0.5, 0.6) is 0 Å². The minimum atomic E-state index is -0.479. The molecular weight excluding hydrogens is 260 g/mol. The Labute approximate surface area is 110 Å². The van der Waals surface area contributed by atoms with Crippen molar-refractivity contribution in [2.24, 2.45) is 0 Å². The van der Waals surface area contributed by atoms with Crippen molar-refractivity contribution >= 4 is 17.3 Å². The highest BCUT2D eigenvalue weighted by Crippen LogP contribution is 2.23. The fourth-order valence-electron chi connectivity index (χ4n) is 1.49. The van der Waals surface area contributed by atoms with Crippen LogP contribution in [0.4, 0.5) is 5.69 Å². The predicted molar refractivity (Wildman–Crippen MR) is 67.7 cm³/mol. The van der Waals surface area contributed by atoms with Crippen LogP contribution in [-0.4, -0.2) is 36.4 Å². The molecule has 2 N–H and O–H groups in total. The standard InChI is InChI=1S/C11H15ClN2O4/c1-18-7-10(6-15)13-5-8-2-3-9(12)4-11(8)14(16)17/h2-4,10,13,15H,5-7H2,1H3. The van der Waals surface area contributed by atoms with Crippen LogP contribution >= 0.6 is 11.6 Å². The molecule has 1 unspecified atom stereocenters. The maximum absolute atomic E-state index is 10.9. The smallest absolute Gasteiger partial charge is 0.275 e. The van der Waals surface area contributed by atoms with E-state index in [4.69, 9.17) is 21.4 Å². The summed E-state index contributed by atoms with van der Waals surface area (Å²) in [5.41, 5.74) is 0.475. The molecule has 1 aromatic carbocycles. The summed E-state index contributed by atoms with van der Waals surface area (Å²) in [5, 5.41) is 23.2. The molecule has 0 aromatic heterocycles. The summed E-state index contributed by atoms with van der Waals surface area (Å²) in [4.78, 5) is 10.4. The number of aliphatic hydroxyl groups is 1. The second-order valence-corrected chi connectivity index (χ2v) is 4.18. The molecule has 7 heteroatoms. The Hall–Kier alpha value is -1.21. The van der Waals surface area contributed by atoms with Crippen LogP contribution < -0.4 is 5.32 Å². The molecule has 0 aliphatic heterocycles. The topological polar surface area (TPSA) is 84.6 Å². The SMILES string of the molecule is COCC(CO)NCc1ccc(Cl)cc1[N+](=O)[O-]. The lowest BCUT2D eigenvalue weighted by atomic mass is 10.1. The van der Waals surface area contributed by atoms with Crippen LogP contribution in [0.2, 0.25) is 5.02 Å². The lowest BCUT2D eigenvalue weighted by Gasteiger charge is -2.15. The number of rotatable bonds is 7. The van der Waals surface area contributed by atoms with Crippen LogP contribution in [-0.2, 0) is 11.3 Å². The number of methoxy groups -OCH3 is 1. The molecule has 0 aliphatic carbocycles. The molecule has 1 rings (SSSR count). The highest BCUT2D eigenvalue weighted by atomic mass is 35.5. The lowest BCUT2D eigenvalue weighted by molar-refractivity contribution is -0.385. The number of halogens is 1. The molecule has 0 saturated carbocycles. The third kappa shape index (κ3) is 4.23. The van der Waals surface area contributed by atoms with Gasteiger partial charge in [-0.15, -0.1) is 0 Å². The Morgan fingerprint density at radius 3 is 2.89 bits per heavy atom. The van der Waals surface area contributed by atoms with E-state index in [1.54, 1.807) is 12.1 Å². The van der Waals surface area contributed by atoms with E-state index in [1.165, 1.54) is 13.2 Å². The average Bonchev–Trinajstić information content (AvgIpc) is 2.35. The summed E-state index contributed by atoms with van der Waals surface area (Å²) >= 11 is 5.72. The van der Waals surface area contributed by atoms with Gasteiger partial charge in [-0.3, -0.25) is 10.1 Å². The molecule has 18 heavy (non-hydrogen) atoms. The molecule has 100 valence electrons. The number of hydrogen-bond donors (Lipinski definition) is 2. The van der Waals surface area contributed by atoms with Crippen molar-refractivity contribution in [3.8, 4) is 0 Å². The molecule has 0 heterocycles. The van der Waals surface area contributed by atoms with Crippen molar-refractivity contribution in [3.05, 3.63) is 38.9 Å². The first kappa shape index (κ1) is 14.8. The summed E-state index contributed by atoms with van der Waals surface area (Å²) in [6.45, 7) is 0.495. The molecule has 0 amide bonds. The Bertz CT molecular complexity index is 414. The van der Waals surface area contributed by atoms with Crippen molar-refractivity contribution in [1.29, 1.82) is 0 Å². The first-order chi connectivity index (χ1) is 8.58. The molecule has 0 spiro atoms. The second-order valence-electron chi connectivity index (χ2n) is 3.75. The molecule has 0 saturated heterocycles. The molecule has 6 nitrogen and oxygen atoms in total. The maximum atomic E-state index is 10.9. The molecule has 0 aliphatic rings. The summed E-state index contributed by atoms with van der Waals surface area (Å²) < 4.78 is 4.90. The van der Waals surface area contributed by atoms with E-state index in [0.29, 0.717) is 17.2 Å². The van der Waals surface area contributed by atoms with E-state index >= 15 is 0 Å². The fourth-order valence-corrected chi connectivity index (χ4v) is 1.65. The van der Waals surface area contributed by atoms with Crippen molar-refractivity contribution < 1.29 is 14.8 Å². The monoisotopic (exact) mass is 274 g/mol. The van der Waals surface area contributed by atoms with Crippen molar-refractivity contribution in [1.82, 2.24) is 5.32 Å². The van der Waals surface area contributed by atoms with Gasteiger partial charge in [-0.2, -0.15) is 0 Å². The zero-order valence-corrected chi connectivity index (χ0v) is 10.7. The number of aliphatic hydroxyl groups excluding tert-OH is 1. The maximum Gasteiger partial charge on any atom is 0.275 e. The van der Waals surface area contributed by atoms with Gasteiger partial charge in [-0.1, -0.05) is 11.6 Å². The zero-order valence-electron chi connectivity index (χ0n) is 9.93. The van der Waals surface area contributed by atoms with Crippen molar-refractivity contribution in [2.75, 3.05) is 20.3 Å². The Morgan fingerprint density at radius 2 is 2.33 bits per heavy atom. The van der Waals surface area contributed by atoms with Gasteiger partial charge in [0.25, 0.3) is 5.69 Å². The Morgan fingerprint density at radius 1 is 1.61 bits per heavy atom.